The summed E-state index contributed by atoms with van der Waals surface area (Å²) >= 11 is 0. The molecule has 0 amide bonds. The number of benzene rings is 1. The molecule has 1 aliphatic heterocycles. The van der Waals surface area contributed by atoms with Gasteiger partial charge in [0.25, 0.3) is 0 Å². The van der Waals surface area contributed by atoms with Gasteiger partial charge in [0.15, 0.2) is 0 Å². The highest BCUT2D eigenvalue weighted by Crippen LogP contribution is 2.30. The Morgan fingerprint density at radius 2 is 1.59 bits per heavy atom. The smallest absolute Gasteiger partial charge is 0.210 e. The van der Waals surface area contributed by atoms with Crippen molar-refractivity contribution in [1.29, 1.82) is 0 Å². The van der Waals surface area contributed by atoms with E-state index in [1.165, 1.54) is 34.4 Å². The van der Waals surface area contributed by atoms with Crippen molar-refractivity contribution in [3.05, 3.63) is 23.9 Å². The molecule has 6 nitrogen and oxygen atoms in total. The predicted molar refractivity (Wildman–Crippen MR) is 146 cm³/mol. The van der Waals surface area contributed by atoms with Crippen molar-refractivity contribution >= 4 is 36.0 Å². The van der Waals surface area contributed by atoms with Crippen LogP contribution < -0.4 is 9.92 Å². The summed E-state index contributed by atoms with van der Waals surface area (Å²) in [6, 6.07) is 9.78. The third kappa shape index (κ3) is 5.04. The number of fused-ring (bicyclic) bond motifs is 1. The molecule has 34 heavy (non-hydrogen) atoms. The van der Waals surface area contributed by atoms with Gasteiger partial charge in [-0.1, -0.05) is 52.8 Å². The van der Waals surface area contributed by atoms with E-state index in [0.29, 0.717) is 13.2 Å². The van der Waals surface area contributed by atoms with Crippen molar-refractivity contribution in [3.8, 4) is 5.75 Å². The molecule has 1 aliphatic rings. The fraction of sp³-hybridized carbons (Fsp3) is 0.630. The zero-order valence-electron chi connectivity index (χ0n) is 22.3. The van der Waals surface area contributed by atoms with Gasteiger partial charge in [0.2, 0.25) is 11.8 Å². The van der Waals surface area contributed by atoms with Gasteiger partial charge in [0.1, 0.15) is 17.8 Å². The maximum Gasteiger partial charge on any atom is 0.210 e. The second-order valence-electron chi connectivity index (χ2n) is 9.44. The van der Waals surface area contributed by atoms with Crippen LogP contribution in [0.2, 0.25) is 18.1 Å². The molecule has 3 rings (SSSR count). The fourth-order valence-corrected chi connectivity index (χ4v) is 9.43. The molecule has 1 aromatic heterocycles. The maximum atomic E-state index is 6.05. The number of aromatic nitrogens is 1. The van der Waals surface area contributed by atoms with Crippen LogP contribution in [0.5, 0.6) is 5.75 Å². The standard InChI is InChI=1S/C27H43N3O3Si/c1-9-32-26-23(29-27(33-10-2)24(30-26)18(6)7)17-22-25(34(11-3,12-4)13-5)20-15-14-19(31-8)16-21(20)28-22/h14-16,18,23-24,28H,9-13,17H2,1-8H3/t23-,24+/m1/s1. The first-order chi connectivity index (χ1) is 16.4. The van der Waals surface area contributed by atoms with E-state index >= 15 is 0 Å². The van der Waals surface area contributed by atoms with Crippen LogP contribution in [0.4, 0.5) is 0 Å². The van der Waals surface area contributed by atoms with Gasteiger partial charge in [0, 0.05) is 23.7 Å². The van der Waals surface area contributed by atoms with Gasteiger partial charge < -0.3 is 19.2 Å². The Balaban J connectivity index is 2.15. The minimum Gasteiger partial charge on any atom is -0.497 e. The minimum atomic E-state index is -1.70. The first-order valence-corrected chi connectivity index (χ1v) is 15.6. The number of aromatic amines is 1. The third-order valence-electron chi connectivity index (χ3n) is 7.34. The SMILES string of the molecule is CCOC1=N[C@H](Cc2[nH]c3cc(OC)ccc3c2[Si](CC)(CC)CC)C(OCC)=N[C@H]1C(C)C. The van der Waals surface area contributed by atoms with Crippen molar-refractivity contribution in [3.63, 3.8) is 0 Å². The quantitative estimate of drug-likeness (QED) is 0.438. The van der Waals surface area contributed by atoms with Crippen molar-refractivity contribution in [2.75, 3.05) is 20.3 Å². The van der Waals surface area contributed by atoms with Gasteiger partial charge in [-0.25, -0.2) is 9.98 Å². The highest BCUT2D eigenvalue weighted by atomic mass is 28.3. The van der Waals surface area contributed by atoms with Crippen molar-refractivity contribution < 1.29 is 14.2 Å². The molecular formula is C27H43N3O3Si. The van der Waals surface area contributed by atoms with Crippen LogP contribution in [0.3, 0.4) is 0 Å². The van der Waals surface area contributed by atoms with E-state index in [0.717, 1.165) is 29.5 Å². The number of methoxy groups -OCH3 is 1. The van der Waals surface area contributed by atoms with Crippen molar-refractivity contribution in [1.82, 2.24) is 4.98 Å². The zero-order valence-corrected chi connectivity index (χ0v) is 23.3. The Kier molecular flexibility index (Phi) is 8.85. The number of nitrogens with zero attached hydrogens (tertiary/aromatic N) is 2. The molecule has 0 aliphatic carbocycles. The molecule has 0 bridgehead atoms. The molecule has 7 heteroatoms. The molecule has 2 atom stereocenters. The lowest BCUT2D eigenvalue weighted by Crippen LogP contribution is -2.48. The Morgan fingerprint density at radius 3 is 2.15 bits per heavy atom. The lowest BCUT2D eigenvalue weighted by Gasteiger charge is -2.31. The van der Waals surface area contributed by atoms with Crippen LogP contribution >= 0.6 is 0 Å². The van der Waals surface area contributed by atoms with E-state index < -0.39 is 8.07 Å². The van der Waals surface area contributed by atoms with Crippen LogP contribution in [0.25, 0.3) is 10.9 Å². The molecular weight excluding hydrogens is 442 g/mol. The van der Waals surface area contributed by atoms with Crippen molar-refractivity contribution in [2.45, 2.75) is 85.1 Å². The minimum absolute atomic E-state index is 0.0976. The van der Waals surface area contributed by atoms with Gasteiger partial charge >= 0.3 is 0 Å². The second kappa shape index (κ2) is 11.4. The van der Waals surface area contributed by atoms with E-state index in [9.17, 15) is 0 Å². The summed E-state index contributed by atoms with van der Waals surface area (Å²) in [4.78, 5) is 13.9. The number of aliphatic imine (C=N–C) groups is 2. The lowest BCUT2D eigenvalue weighted by molar-refractivity contribution is 0.275. The number of H-pyrrole nitrogens is 1. The summed E-state index contributed by atoms with van der Waals surface area (Å²) in [7, 11) is 0.0204. The summed E-state index contributed by atoms with van der Waals surface area (Å²) < 4.78 is 17.5. The number of hydrogen-bond donors (Lipinski definition) is 1. The normalized spacial score (nSPS) is 18.7. The highest BCUT2D eigenvalue weighted by Gasteiger charge is 2.37. The number of ether oxygens (including phenoxy) is 3. The average Bonchev–Trinajstić information content (AvgIpc) is 3.20. The van der Waals surface area contributed by atoms with Crippen molar-refractivity contribution in [2.24, 2.45) is 15.9 Å². The molecule has 2 aromatic rings. The Labute approximate surface area is 206 Å². The molecule has 0 radical (unpaired) electrons. The number of rotatable bonds is 10. The molecule has 0 unspecified atom stereocenters. The van der Waals surface area contributed by atoms with Crippen LogP contribution in [-0.2, 0) is 15.9 Å². The van der Waals surface area contributed by atoms with Gasteiger partial charge in [-0.2, -0.15) is 0 Å². The summed E-state index contributed by atoms with van der Waals surface area (Å²) in [5.74, 6) is 2.62. The Morgan fingerprint density at radius 1 is 0.941 bits per heavy atom. The van der Waals surface area contributed by atoms with Crippen LogP contribution in [0.15, 0.2) is 28.2 Å². The Bertz CT molecular complexity index is 1020. The molecule has 0 saturated heterocycles. The predicted octanol–water partition coefficient (Wildman–Crippen LogP) is 5.71. The molecule has 1 N–H and O–H groups in total. The van der Waals surface area contributed by atoms with E-state index in [-0.39, 0.29) is 18.0 Å². The maximum absolute atomic E-state index is 6.05. The second-order valence-corrected chi connectivity index (χ2v) is 14.6. The summed E-state index contributed by atoms with van der Waals surface area (Å²) in [6.45, 7) is 16.6. The summed E-state index contributed by atoms with van der Waals surface area (Å²) in [6.07, 6.45) is 0.724. The summed E-state index contributed by atoms with van der Waals surface area (Å²) in [5.41, 5.74) is 2.40. The zero-order chi connectivity index (χ0) is 24.9. The summed E-state index contributed by atoms with van der Waals surface area (Å²) in [5, 5.41) is 2.86. The van der Waals surface area contributed by atoms with E-state index in [2.05, 4.69) is 57.8 Å². The van der Waals surface area contributed by atoms with E-state index in [1.807, 2.05) is 13.8 Å². The number of nitrogens with one attached hydrogen (secondary N) is 1. The topological polar surface area (TPSA) is 68.2 Å². The Hall–Kier alpha value is -2.28. The van der Waals surface area contributed by atoms with Crippen LogP contribution in [0, 0.1) is 5.92 Å². The van der Waals surface area contributed by atoms with E-state index in [4.69, 9.17) is 24.2 Å². The van der Waals surface area contributed by atoms with Gasteiger partial charge in [-0.15, -0.1) is 0 Å². The third-order valence-corrected chi connectivity index (χ3v) is 13.0. The fourth-order valence-electron chi connectivity index (χ4n) is 5.27. The van der Waals surface area contributed by atoms with Gasteiger partial charge in [-0.3, -0.25) is 0 Å². The first-order valence-electron chi connectivity index (χ1n) is 13.0. The molecule has 188 valence electrons. The van der Waals surface area contributed by atoms with E-state index in [1.54, 1.807) is 7.11 Å². The first kappa shape index (κ1) is 26.3. The lowest BCUT2D eigenvalue weighted by atomic mass is 10.0. The monoisotopic (exact) mass is 485 g/mol. The number of hydrogen-bond acceptors (Lipinski definition) is 5. The van der Waals surface area contributed by atoms with Gasteiger partial charge in [-0.05, 0) is 42.5 Å². The van der Waals surface area contributed by atoms with Crippen LogP contribution in [0.1, 0.15) is 54.2 Å². The van der Waals surface area contributed by atoms with Crippen LogP contribution in [-0.4, -0.2) is 57.3 Å². The molecule has 2 heterocycles. The van der Waals surface area contributed by atoms with Gasteiger partial charge in [0.05, 0.1) is 28.4 Å². The molecule has 0 saturated carbocycles. The highest BCUT2D eigenvalue weighted by molar-refractivity contribution is 6.93. The average molecular weight is 486 g/mol. The molecule has 0 fully saturated rings. The molecule has 1 aromatic carbocycles. The largest absolute Gasteiger partial charge is 0.497 e. The molecule has 0 spiro atoms.